The predicted molar refractivity (Wildman–Crippen MR) is 55.0 cm³/mol. The molecule has 12 heavy (non-hydrogen) atoms. The van der Waals surface area contributed by atoms with E-state index in [1.165, 1.54) is 22.4 Å². The topological polar surface area (TPSA) is 3.24 Å². The summed E-state index contributed by atoms with van der Waals surface area (Å²) in [5.74, 6) is 0. The molecule has 0 aromatic heterocycles. The molecule has 0 atom stereocenters. The Morgan fingerprint density at radius 3 is 1.67 bits per heavy atom. The summed E-state index contributed by atoms with van der Waals surface area (Å²) in [6.45, 7) is 6.49. The van der Waals surface area contributed by atoms with Gasteiger partial charge in [-0.25, -0.2) is 0 Å². The molecule has 0 aliphatic heterocycles. The highest BCUT2D eigenvalue weighted by Crippen LogP contribution is 2.20. The molecule has 0 spiro atoms. The highest BCUT2D eigenvalue weighted by Gasteiger charge is 2.01. The SMILES string of the molecule is Cc1cc(N(C)C)cc(C)c1C. The lowest BCUT2D eigenvalue weighted by molar-refractivity contribution is 1.11. The molecule has 0 heterocycles. The molecule has 0 N–H and O–H groups in total. The van der Waals surface area contributed by atoms with Crippen molar-refractivity contribution in [3.05, 3.63) is 28.8 Å². The number of nitrogens with zero attached hydrogens (tertiary/aromatic N) is 1. The van der Waals surface area contributed by atoms with Crippen LogP contribution < -0.4 is 4.90 Å². The first-order chi connectivity index (χ1) is 5.52. The maximum atomic E-state index is 2.22. The lowest BCUT2D eigenvalue weighted by Gasteiger charge is -2.15. The standard InChI is InChI=1S/C11H17N/c1-8-6-11(12(4)5)7-9(2)10(8)3/h6-7H,1-5H3. The van der Waals surface area contributed by atoms with Crippen LogP contribution in [0.4, 0.5) is 5.69 Å². The Kier molecular flexibility index (Phi) is 2.41. The summed E-state index contributed by atoms with van der Waals surface area (Å²) in [6.07, 6.45) is 0. The van der Waals surface area contributed by atoms with Gasteiger partial charge in [-0.3, -0.25) is 0 Å². The fourth-order valence-electron chi connectivity index (χ4n) is 1.27. The second-order valence-corrected chi connectivity index (χ2v) is 3.60. The molecule has 0 aliphatic rings. The molecule has 0 unspecified atom stereocenters. The highest BCUT2D eigenvalue weighted by atomic mass is 15.1. The van der Waals surface area contributed by atoms with Crippen molar-refractivity contribution in [1.82, 2.24) is 0 Å². The lowest BCUT2D eigenvalue weighted by atomic mass is 10.0. The Bertz CT molecular complexity index is 264. The zero-order chi connectivity index (χ0) is 9.30. The third-order valence-electron chi connectivity index (χ3n) is 2.43. The zero-order valence-corrected chi connectivity index (χ0v) is 8.60. The van der Waals surface area contributed by atoms with Crippen molar-refractivity contribution in [3.63, 3.8) is 0 Å². The van der Waals surface area contributed by atoms with Gasteiger partial charge in [0.05, 0.1) is 0 Å². The van der Waals surface area contributed by atoms with E-state index in [0.29, 0.717) is 0 Å². The van der Waals surface area contributed by atoms with Crippen LogP contribution in [0.3, 0.4) is 0 Å². The minimum absolute atomic E-state index is 1.29. The van der Waals surface area contributed by atoms with Crippen molar-refractivity contribution in [3.8, 4) is 0 Å². The third kappa shape index (κ3) is 1.60. The Morgan fingerprint density at radius 1 is 0.917 bits per heavy atom. The molecular formula is C11H17N. The van der Waals surface area contributed by atoms with Crippen molar-refractivity contribution in [1.29, 1.82) is 0 Å². The summed E-state index contributed by atoms with van der Waals surface area (Å²) in [4.78, 5) is 2.14. The minimum atomic E-state index is 1.29. The van der Waals surface area contributed by atoms with Gasteiger partial charge in [0.15, 0.2) is 0 Å². The zero-order valence-electron chi connectivity index (χ0n) is 8.60. The van der Waals surface area contributed by atoms with E-state index in [-0.39, 0.29) is 0 Å². The Morgan fingerprint density at radius 2 is 1.33 bits per heavy atom. The van der Waals surface area contributed by atoms with Gasteiger partial charge in [0.25, 0.3) is 0 Å². The fraction of sp³-hybridized carbons (Fsp3) is 0.455. The molecule has 0 amide bonds. The fourth-order valence-corrected chi connectivity index (χ4v) is 1.27. The summed E-state index contributed by atoms with van der Waals surface area (Å²) in [5.41, 5.74) is 5.44. The molecule has 0 saturated heterocycles. The molecule has 1 rings (SSSR count). The van der Waals surface area contributed by atoms with Crippen LogP contribution in [0.25, 0.3) is 0 Å². The maximum absolute atomic E-state index is 2.22. The monoisotopic (exact) mass is 163 g/mol. The molecule has 0 aliphatic carbocycles. The van der Waals surface area contributed by atoms with Crippen molar-refractivity contribution >= 4 is 5.69 Å². The molecule has 66 valence electrons. The lowest BCUT2D eigenvalue weighted by Crippen LogP contribution is -2.09. The van der Waals surface area contributed by atoms with Gasteiger partial charge in [0.2, 0.25) is 0 Å². The summed E-state index contributed by atoms with van der Waals surface area (Å²) in [5, 5.41) is 0. The molecule has 0 fully saturated rings. The van der Waals surface area contributed by atoms with Crippen molar-refractivity contribution in [2.45, 2.75) is 20.8 Å². The minimum Gasteiger partial charge on any atom is -0.378 e. The third-order valence-corrected chi connectivity index (χ3v) is 2.43. The number of hydrogen-bond acceptors (Lipinski definition) is 1. The molecule has 1 aromatic carbocycles. The van der Waals surface area contributed by atoms with E-state index < -0.39 is 0 Å². The number of anilines is 1. The molecular weight excluding hydrogens is 146 g/mol. The second-order valence-electron chi connectivity index (χ2n) is 3.60. The number of benzene rings is 1. The molecule has 1 nitrogen and oxygen atoms in total. The Balaban J connectivity index is 3.21. The van der Waals surface area contributed by atoms with Gasteiger partial charge in [0, 0.05) is 19.8 Å². The molecule has 0 radical (unpaired) electrons. The van der Waals surface area contributed by atoms with Crippen LogP contribution in [-0.4, -0.2) is 14.1 Å². The van der Waals surface area contributed by atoms with E-state index in [2.05, 4.69) is 51.9 Å². The highest BCUT2D eigenvalue weighted by molar-refractivity contribution is 5.52. The van der Waals surface area contributed by atoms with E-state index in [1.807, 2.05) is 0 Å². The van der Waals surface area contributed by atoms with Crippen LogP contribution in [0.5, 0.6) is 0 Å². The first kappa shape index (κ1) is 9.11. The molecule has 1 heteroatoms. The maximum Gasteiger partial charge on any atom is 0.0366 e. The Labute approximate surface area is 75.0 Å². The van der Waals surface area contributed by atoms with Gasteiger partial charge in [0.1, 0.15) is 0 Å². The summed E-state index contributed by atoms with van der Waals surface area (Å²) < 4.78 is 0. The van der Waals surface area contributed by atoms with Crippen LogP contribution in [0, 0.1) is 20.8 Å². The van der Waals surface area contributed by atoms with Crippen LogP contribution in [0.1, 0.15) is 16.7 Å². The number of hydrogen-bond donors (Lipinski definition) is 0. The van der Waals surface area contributed by atoms with Gasteiger partial charge in [-0.15, -0.1) is 0 Å². The number of aryl methyl sites for hydroxylation is 2. The summed E-state index contributed by atoms with van der Waals surface area (Å²) >= 11 is 0. The molecule has 0 bridgehead atoms. The van der Waals surface area contributed by atoms with Gasteiger partial charge in [-0.1, -0.05) is 0 Å². The summed E-state index contributed by atoms with van der Waals surface area (Å²) in [7, 11) is 4.15. The van der Waals surface area contributed by atoms with Gasteiger partial charge in [-0.05, 0) is 49.6 Å². The molecule has 0 saturated carbocycles. The van der Waals surface area contributed by atoms with Crippen LogP contribution in [0.15, 0.2) is 12.1 Å². The van der Waals surface area contributed by atoms with Crippen molar-refractivity contribution < 1.29 is 0 Å². The van der Waals surface area contributed by atoms with E-state index in [4.69, 9.17) is 0 Å². The smallest absolute Gasteiger partial charge is 0.0366 e. The first-order valence-corrected chi connectivity index (χ1v) is 4.27. The van der Waals surface area contributed by atoms with Crippen molar-refractivity contribution in [2.24, 2.45) is 0 Å². The average Bonchev–Trinajstić information content (AvgIpc) is 1.99. The van der Waals surface area contributed by atoms with E-state index >= 15 is 0 Å². The number of rotatable bonds is 1. The van der Waals surface area contributed by atoms with Crippen molar-refractivity contribution in [2.75, 3.05) is 19.0 Å². The first-order valence-electron chi connectivity index (χ1n) is 4.27. The largest absolute Gasteiger partial charge is 0.378 e. The van der Waals surface area contributed by atoms with E-state index in [0.717, 1.165) is 0 Å². The average molecular weight is 163 g/mol. The van der Waals surface area contributed by atoms with Crippen LogP contribution in [0.2, 0.25) is 0 Å². The van der Waals surface area contributed by atoms with E-state index in [9.17, 15) is 0 Å². The van der Waals surface area contributed by atoms with Crippen LogP contribution >= 0.6 is 0 Å². The normalized spacial score (nSPS) is 10.1. The van der Waals surface area contributed by atoms with Gasteiger partial charge < -0.3 is 4.90 Å². The van der Waals surface area contributed by atoms with Crippen LogP contribution in [-0.2, 0) is 0 Å². The summed E-state index contributed by atoms with van der Waals surface area (Å²) in [6, 6.07) is 4.45. The Hall–Kier alpha value is -0.980. The van der Waals surface area contributed by atoms with E-state index in [1.54, 1.807) is 0 Å². The van der Waals surface area contributed by atoms with Gasteiger partial charge >= 0.3 is 0 Å². The predicted octanol–water partition coefficient (Wildman–Crippen LogP) is 2.68. The molecule has 1 aromatic rings. The van der Waals surface area contributed by atoms with Gasteiger partial charge in [-0.2, -0.15) is 0 Å². The quantitative estimate of drug-likeness (QED) is 0.615. The second kappa shape index (κ2) is 3.18.